The lowest BCUT2D eigenvalue weighted by atomic mass is 10.0. The van der Waals surface area contributed by atoms with Crippen LogP contribution in [0.1, 0.15) is 24.4 Å². The average Bonchev–Trinajstić information content (AvgIpc) is 2.34. The molecule has 0 aliphatic heterocycles. The molecule has 0 radical (unpaired) electrons. The number of methoxy groups -OCH3 is 2. The predicted molar refractivity (Wildman–Crippen MR) is 70.0 cm³/mol. The van der Waals surface area contributed by atoms with Gasteiger partial charge >= 0.3 is 0 Å². The molecule has 0 fully saturated rings. The van der Waals surface area contributed by atoms with Crippen LogP contribution in [0.5, 0.6) is 11.5 Å². The Balaban J connectivity index is 0.00000256. The second-order valence-corrected chi connectivity index (χ2v) is 3.59. The van der Waals surface area contributed by atoms with Crippen LogP contribution in [0.4, 0.5) is 0 Å². The number of nitrogens with two attached hydrogens (primary N) is 1. The van der Waals surface area contributed by atoms with E-state index in [4.69, 9.17) is 20.3 Å². The first-order valence-corrected chi connectivity index (χ1v) is 5.31. The summed E-state index contributed by atoms with van der Waals surface area (Å²) in [7, 11) is 3.20. The number of hydrogen-bond donors (Lipinski definition) is 2. The van der Waals surface area contributed by atoms with Crippen molar-refractivity contribution in [1.29, 1.82) is 0 Å². The predicted octanol–water partition coefficient (Wildman–Crippen LogP) is 1.90. The molecule has 1 aromatic carbocycles. The first-order chi connectivity index (χ1) is 7.72. The number of benzene rings is 1. The van der Waals surface area contributed by atoms with Gasteiger partial charge in [-0.3, -0.25) is 0 Å². The number of hydrogen-bond acceptors (Lipinski definition) is 4. The standard InChI is InChI=1S/C12H19NO3.ClH/c1-15-11-6-5-9(8-12(11)16-2)10(13)4-3-7-14;/h5-6,8,10,14H,3-4,7,13H2,1-2H3;1H/t10-;/m0./s1. The summed E-state index contributed by atoms with van der Waals surface area (Å²) >= 11 is 0. The van der Waals surface area contributed by atoms with E-state index in [1.54, 1.807) is 14.2 Å². The molecule has 0 aromatic heterocycles. The molecular weight excluding hydrogens is 242 g/mol. The van der Waals surface area contributed by atoms with Gasteiger partial charge in [-0.15, -0.1) is 12.4 Å². The molecule has 0 heterocycles. The fraction of sp³-hybridized carbons (Fsp3) is 0.500. The number of halogens is 1. The number of aliphatic hydroxyl groups excluding tert-OH is 1. The van der Waals surface area contributed by atoms with E-state index >= 15 is 0 Å². The van der Waals surface area contributed by atoms with Crippen LogP contribution in [0.2, 0.25) is 0 Å². The third-order valence-electron chi connectivity index (χ3n) is 2.51. The molecule has 0 aliphatic carbocycles. The SMILES string of the molecule is COc1ccc([C@@H](N)CCCO)cc1OC.Cl. The Kier molecular flexibility index (Phi) is 7.70. The molecule has 17 heavy (non-hydrogen) atoms. The molecule has 98 valence electrons. The third kappa shape index (κ3) is 4.42. The lowest BCUT2D eigenvalue weighted by Gasteiger charge is -2.14. The van der Waals surface area contributed by atoms with Gasteiger partial charge in [0.2, 0.25) is 0 Å². The molecule has 3 N–H and O–H groups in total. The zero-order valence-electron chi connectivity index (χ0n) is 10.2. The minimum atomic E-state index is -0.0769. The molecule has 1 rings (SSSR count). The number of aliphatic hydroxyl groups is 1. The summed E-state index contributed by atoms with van der Waals surface area (Å²) in [4.78, 5) is 0. The van der Waals surface area contributed by atoms with E-state index in [1.807, 2.05) is 18.2 Å². The second-order valence-electron chi connectivity index (χ2n) is 3.59. The molecule has 0 saturated heterocycles. The van der Waals surface area contributed by atoms with Gasteiger partial charge in [-0.25, -0.2) is 0 Å². The van der Waals surface area contributed by atoms with Crippen molar-refractivity contribution < 1.29 is 14.6 Å². The number of rotatable bonds is 6. The van der Waals surface area contributed by atoms with E-state index in [0.717, 1.165) is 12.0 Å². The van der Waals surface area contributed by atoms with E-state index in [9.17, 15) is 0 Å². The van der Waals surface area contributed by atoms with Crippen LogP contribution in [0.3, 0.4) is 0 Å². The molecule has 0 bridgehead atoms. The van der Waals surface area contributed by atoms with Crippen LogP contribution in [0.25, 0.3) is 0 Å². The van der Waals surface area contributed by atoms with Crippen molar-refractivity contribution in [1.82, 2.24) is 0 Å². The van der Waals surface area contributed by atoms with E-state index in [2.05, 4.69) is 0 Å². The minimum Gasteiger partial charge on any atom is -0.493 e. The maximum absolute atomic E-state index is 8.74. The summed E-state index contributed by atoms with van der Waals surface area (Å²) < 4.78 is 10.3. The molecule has 0 saturated carbocycles. The van der Waals surface area contributed by atoms with Gasteiger partial charge in [0.15, 0.2) is 11.5 Å². The van der Waals surface area contributed by atoms with E-state index in [-0.39, 0.29) is 25.1 Å². The summed E-state index contributed by atoms with van der Waals surface area (Å²) in [6.45, 7) is 0.168. The first-order valence-electron chi connectivity index (χ1n) is 5.31. The van der Waals surface area contributed by atoms with E-state index in [0.29, 0.717) is 17.9 Å². The lowest BCUT2D eigenvalue weighted by Crippen LogP contribution is -2.11. The van der Waals surface area contributed by atoms with E-state index in [1.165, 1.54) is 0 Å². The molecule has 0 unspecified atom stereocenters. The Labute approximate surface area is 108 Å². The lowest BCUT2D eigenvalue weighted by molar-refractivity contribution is 0.280. The fourth-order valence-corrected chi connectivity index (χ4v) is 1.56. The smallest absolute Gasteiger partial charge is 0.161 e. The van der Waals surface area contributed by atoms with Gasteiger partial charge < -0.3 is 20.3 Å². The average molecular weight is 262 g/mol. The Morgan fingerprint density at radius 2 is 1.88 bits per heavy atom. The van der Waals surface area contributed by atoms with Crippen molar-refractivity contribution in [2.45, 2.75) is 18.9 Å². The van der Waals surface area contributed by atoms with Crippen LogP contribution in [0.15, 0.2) is 18.2 Å². The minimum absolute atomic E-state index is 0. The fourth-order valence-electron chi connectivity index (χ4n) is 1.56. The first kappa shape index (κ1) is 16.0. The van der Waals surface area contributed by atoms with Gasteiger partial charge in [0.1, 0.15) is 0 Å². The van der Waals surface area contributed by atoms with Crippen molar-refractivity contribution in [3.05, 3.63) is 23.8 Å². The van der Waals surface area contributed by atoms with Gasteiger partial charge in [-0.1, -0.05) is 6.07 Å². The zero-order chi connectivity index (χ0) is 12.0. The molecule has 1 aromatic rings. The topological polar surface area (TPSA) is 64.7 Å². The monoisotopic (exact) mass is 261 g/mol. The summed E-state index contributed by atoms with van der Waals surface area (Å²) in [6.07, 6.45) is 1.46. The molecule has 0 aliphatic rings. The third-order valence-corrected chi connectivity index (χ3v) is 2.51. The van der Waals surface area contributed by atoms with Crippen LogP contribution in [-0.4, -0.2) is 25.9 Å². The van der Waals surface area contributed by atoms with Gasteiger partial charge in [0.05, 0.1) is 14.2 Å². The van der Waals surface area contributed by atoms with Crippen molar-refractivity contribution in [2.75, 3.05) is 20.8 Å². The highest BCUT2D eigenvalue weighted by molar-refractivity contribution is 5.85. The van der Waals surface area contributed by atoms with Crippen molar-refractivity contribution in [3.63, 3.8) is 0 Å². The quantitative estimate of drug-likeness (QED) is 0.821. The van der Waals surface area contributed by atoms with Gasteiger partial charge in [0, 0.05) is 12.6 Å². The van der Waals surface area contributed by atoms with Crippen LogP contribution < -0.4 is 15.2 Å². The molecule has 5 heteroatoms. The maximum Gasteiger partial charge on any atom is 0.161 e. The highest BCUT2D eigenvalue weighted by Crippen LogP contribution is 2.30. The van der Waals surface area contributed by atoms with E-state index < -0.39 is 0 Å². The Morgan fingerprint density at radius 1 is 1.24 bits per heavy atom. The summed E-state index contributed by atoms with van der Waals surface area (Å²) in [5, 5.41) is 8.74. The largest absolute Gasteiger partial charge is 0.493 e. The summed E-state index contributed by atoms with van der Waals surface area (Å²) in [6, 6.07) is 5.56. The Hall–Kier alpha value is -0.970. The normalized spacial score (nSPS) is 11.5. The molecular formula is C12H20ClNO3. The van der Waals surface area contributed by atoms with Gasteiger partial charge in [-0.2, -0.15) is 0 Å². The second kappa shape index (κ2) is 8.17. The molecule has 1 atom stereocenters. The van der Waals surface area contributed by atoms with Crippen LogP contribution >= 0.6 is 12.4 Å². The highest BCUT2D eigenvalue weighted by atomic mass is 35.5. The highest BCUT2D eigenvalue weighted by Gasteiger charge is 2.10. The summed E-state index contributed by atoms with van der Waals surface area (Å²) in [5.41, 5.74) is 6.98. The van der Waals surface area contributed by atoms with Crippen LogP contribution in [-0.2, 0) is 0 Å². The van der Waals surface area contributed by atoms with Crippen molar-refractivity contribution in [3.8, 4) is 11.5 Å². The Morgan fingerprint density at radius 3 is 2.41 bits per heavy atom. The molecule has 0 amide bonds. The van der Waals surface area contributed by atoms with Gasteiger partial charge in [-0.05, 0) is 30.5 Å². The molecule has 4 nitrogen and oxygen atoms in total. The van der Waals surface area contributed by atoms with Crippen molar-refractivity contribution >= 4 is 12.4 Å². The molecule has 0 spiro atoms. The van der Waals surface area contributed by atoms with Gasteiger partial charge in [0.25, 0.3) is 0 Å². The van der Waals surface area contributed by atoms with Crippen molar-refractivity contribution in [2.24, 2.45) is 5.73 Å². The zero-order valence-corrected chi connectivity index (χ0v) is 11.0. The number of ether oxygens (including phenoxy) is 2. The summed E-state index contributed by atoms with van der Waals surface area (Å²) in [5.74, 6) is 1.38. The Bertz CT molecular complexity index is 334. The maximum atomic E-state index is 8.74. The van der Waals surface area contributed by atoms with Crippen LogP contribution in [0, 0.1) is 0 Å².